The van der Waals surface area contributed by atoms with Crippen LogP contribution in [-0.2, 0) is 0 Å². The highest BCUT2D eigenvalue weighted by Crippen LogP contribution is 2.68. The van der Waals surface area contributed by atoms with Crippen molar-refractivity contribution in [1.29, 1.82) is 0 Å². The summed E-state index contributed by atoms with van der Waals surface area (Å²) in [7, 11) is 0. The van der Waals surface area contributed by atoms with E-state index in [4.69, 9.17) is 0 Å². The summed E-state index contributed by atoms with van der Waals surface area (Å²) in [4.78, 5) is 0. The van der Waals surface area contributed by atoms with Crippen LogP contribution in [0.3, 0.4) is 0 Å². The highest BCUT2D eigenvalue weighted by Gasteiger charge is 2.60. The lowest BCUT2D eigenvalue weighted by atomic mass is 9.44. The summed E-state index contributed by atoms with van der Waals surface area (Å²) in [5, 5.41) is 10.3. The Bertz CT molecular complexity index is 697. The monoisotopic (exact) mass is 380 g/mol. The molecule has 4 saturated carbocycles. The minimum absolute atomic E-state index is 0.0222. The first-order valence-electron chi connectivity index (χ1n) is 12.2. The highest BCUT2D eigenvalue weighted by atomic mass is 16.3. The molecule has 0 unspecified atom stereocenters. The van der Waals surface area contributed by atoms with E-state index < -0.39 is 0 Å². The third-order valence-corrected chi connectivity index (χ3v) is 10.6. The van der Waals surface area contributed by atoms with Crippen LogP contribution in [0.4, 0.5) is 0 Å². The molecule has 0 aliphatic heterocycles. The van der Waals surface area contributed by atoms with Crippen molar-refractivity contribution in [1.82, 2.24) is 0 Å². The van der Waals surface area contributed by atoms with Crippen molar-refractivity contribution in [3.8, 4) is 0 Å². The Hall–Kier alpha value is -0.820. The first-order valence-corrected chi connectivity index (χ1v) is 12.2. The topological polar surface area (TPSA) is 20.2 Å². The fourth-order valence-corrected chi connectivity index (χ4v) is 9.09. The van der Waals surface area contributed by atoms with Gasteiger partial charge in [0.1, 0.15) is 0 Å². The van der Waals surface area contributed by atoms with E-state index in [1.54, 1.807) is 5.56 Å². The van der Waals surface area contributed by atoms with E-state index >= 15 is 0 Å². The van der Waals surface area contributed by atoms with Gasteiger partial charge in [-0.25, -0.2) is 0 Å². The van der Waals surface area contributed by atoms with Crippen LogP contribution in [0.15, 0.2) is 30.3 Å². The van der Waals surface area contributed by atoms with E-state index in [9.17, 15) is 5.11 Å². The molecule has 9 atom stereocenters. The first-order chi connectivity index (χ1) is 13.4. The lowest BCUT2D eigenvalue weighted by molar-refractivity contribution is -0.127. The van der Waals surface area contributed by atoms with Gasteiger partial charge in [0.25, 0.3) is 0 Å². The van der Waals surface area contributed by atoms with E-state index in [0.29, 0.717) is 16.7 Å². The SMILES string of the molecule is C[C@H](c1ccccc1)[C@H]1CC[C@H]2[C@@H]3CC[C@H]4C[C@@H](O)CC[C@]4(C)[C@H]3CC[C@]12C. The average Bonchev–Trinajstić information content (AvgIpc) is 3.06. The number of hydrogen-bond donors (Lipinski definition) is 1. The molecule has 4 aliphatic rings. The Balaban J connectivity index is 1.40. The van der Waals surface area contributed by atoms with Crippen molar-refractivity contribution in [3.05, 3.63) is 35.9 Å². The van der Waals surface area contributed by atoms with E-state index in [0.717, 1.165) is 42.4 Å². The summed E-state index contributed by atoms with van der Waals surface area (Å²) < 4.78 is 0. The van der Waals surface area contributed by atoms with Crippen LogP contribution in [0.2, 0.25) is 0 Å². The van der Waals surface area contributed by atoms with Crippen LogP contribution < -0.4 is 0 Å². The van der Waals surface area contributed by atoms with Crippen molar-refractivity contribution < 1.29 is 5.11 Å². The van der Waals surface area contributed by atoms with Crippen molar-refractivity contribution in [2.75, 3.05) is 0 Å². The Morgan fingerprint density at radius 3 is 2.36 bits per heavy atom. The molecular weight excluding hydrogens is 340 g/mol. The van der Waals surface area contributed by atoms with Gasteiger partial charge in [0, 0.05) is 0 Å². The average molecular weight is 381 g/mol. The van der Waals surface area contributed by atoms with Crippen molar-refractivity contribution in [2.45, 2.75) is 90.6 Å². The molecule has 0 aromatic heterocycles. The summed E-state index contributed by atoms with van der Waals surface area (Å²) in [5.41, 5.74) is 2.59. The van der Waals surface area contributed by atoms with E-state index in [1.165, 1.54) is 44.9 Å². The molecule has 1 heteroatoms. The Morgan fingerprint density at radius 2 is 1.57 bits per heavy atom. The van der Waals surface area contributed by atoms with Crippen molar-refractivity contribution in [3.63, 3.8) is 0 Å². The molecule has 1 aromatic carbocycles. The largest absolute Gasteiger partial charge is 0.393 e. The van der Waals surface area contributed by atoms with Crippen LogP contribution in [0.1, 0.15) is 90.0 Å². The van der Waals surface area contributed by atoms with Gasteiger partial charge in [0.2, 0.25) is 0 Å². The number of aliphatic hydroxyl groups is 1. The smallest absolute Gasteiger partial charge is 0.0543 e. The molecule has 0 bridgehead atoms. The van der Waals surface area contributed by atoms with Gasteiger partial charge < -0.3 is 5.11 Å². The molecule has 5 rings (SSSR count). The summed E-state index contributed by atoms with van der Waals surface area (Å²) in [5.74, 6) is 5.12. The summed E-state index contributed by atoms with van der Waals surface area (Å²) >= 11 is 0. The molecule has 1 aromatic rings. The number of benzene rings is 1. The molecule has 28 heavy (non-hydrogen) atoms. The Labute approximate surface area is 172 Å². The standard InChI is InChI=1S/C27H40O/c1-18(19-7-5-4-6-8-19)23-11-12-24-22-10-9-20-17-21(28)13-15-26(20,2)25(22)14-16-27(23,24)3/h4-8,18,20-25,28H,9-17H2,1-3H3/t18-,20+,21+,22+,23-,24+,25+,26+,27-/m1/s1. The van der Waals surface area contributed by atoms with E-state index in [-0.39, 0.29) is 6.10 Å². The zero-order valence-corrected chi connectivity index (χ0v) is 18.2. The van der Waals surface area contributed by atoms with E-state index in [1.807, 2.05) is 0 Å². The number of aliphatic hydroxyl groups excluding tert-OH is 1. The van der Waals surface area contributed by atoms with E-state index in [2.05, 4.69) is 51.1 Å². The first kappa shape index (κ1) is 19.2. The van der Waals surface area contributed by atoms with Gasteiger partial charge in [0.05, 0.1) is 6.10 Å². The molecule has 154 valence electrons. The molecule has 0 radical (unpaired) electrons. The zero-order chi connectivity index (χ0) is 19.5. The molecular formula is C27H40O. The van der Waals surface area contributed by atoms with Gasteiger partial charge in [-0.2, -0.15) is 0 Å². The van der Waals surface area contributed by atoms with Crippen LogP contribution in [0.25, 0.3) is 0 Å². The van der Waals surface area contributed by atoms with Crippen LogP contribution in [-0.4, -0.2) is 11.2 Å². The third-order valence-electron chi connectivity index (χ3n) is 10.6. The van der Waals surface area contributed by atoms with Gasteiger partial charge in [-0.15, -0.1) is 0 Å². The summed E-state index contributed by atoms with van der Waals surface area (Å²) in [6.45, 7) is 7.78. The van der Waals surface area contributed by atoms with Gasteiger partial charge in [-0.05, 0) is 110 Å². The molecule has 4 aliphatic carbocycles. The van der Waals surface area contributed by atoms with Crippen molar-refractivity contribution >= 4 is 0 Å². The molecule has 4 fully saturated rings. The van der Waals surface area contributed by atoms with Gasteiger partial charge in [0.15, 0.2) is 0 Å². The predicted octanol–water partition coefficient (Wildman–Crippen LogP) is 6.81. The maximum Gasteiger partial charge on any atom is 0.0543 e. The second-order valence-corrected chi connectivity index (χ2v) is 11.5. The molecule has 1 nitrogen and oxygen atoms in total. The maximum absolute atomic E-state index is 10.3. The fourth-order valence-electron chi connectivity index (χ4n) is 9.09. The Kier molecular flexibility index (Phi) is 4.70. The lowest BCUT2D eigenvalue weighted by Gasteiger charge is -2.61. The second-order valence-electron chi connectivity index (χ2n) is 11.5. The van der Waals surface area contributed by atoms with Gasteiger partial charge in [-0.1, -0.05) is 51.1 Å². The Morgan fingerprint density at radius 1 is 0.857 bits per heavy atom. The van der Waals surface area contributed by atoms with Crippen molar-refractivity contribution in [2.24, 2.45) is 40.4 Å². The zero-order valence-electron chi connectivity index (χ0n) is 18.2. The predicted molar refractivity (Wildman–Crippen MR) is 116 cm³/mol. The van der Waals surface area contributed by atoms with Gasteiger partial charge in [-0.3, -0.25) is 0 Å². The highest BCUT2D eigenvalue weighted by molar-refractivity contribution is 5.22. The molecule has 0 heterocycles. The minimum atomic E-state index is -0.0222. The summed E-state index contributed by atoms with van der Waals surface area (Å²) in [6, 6.07) is 11.3. The number of rotatable bonds is 2. The summed E-state index contributed by atoms with van der Waals surface area (Å²) in [6.07, 6.45) is 12.0. The molecule has 0 amide bonds. The normalized spacial score (nSPS) is 49.0. The van der Waals surface area contributed by atoms with Crippen LogP contribution in [0, 0.1) is 40.4 Å². The number of fused-ring (bicyclic) bond motifs is 5. The van der Waals surface area contributed by atoms with Crippen LogP contribution >= 0.6 is 0 Å². The minimum Gasteiger partial charge on any atom is -0.393 e. The lowest BCUT2D eigenvalue weighted by Crippen LogP contribution is -2.54. The maximum atomic E-state index is 10.3. The van der Waals surface area contributed by atoms with Crippen LogP contribution in [0.5, 0.6) is 0 Å². The third kappa shape index (κ3) is 2.75. The molecule has 0 saturated heterocycles. The molecule has 1 N–H and O–H groups in total. The van der Waals surface area contributed by atoms with Gasteiger partial charge >= 0.3 is 0 Å². The fraction of sp³-hybridized carbons (Fsp3) is 0.778. The molecule has 0 spiro atoms. The second kappa shape index (κ2) is 6.86. The number of hydrogen-bond acceptors (Lipinski definition) is 1. The quantitative estimate of drug-likeness (QED) is 0.597.